The van der Waals surface area contributed by atoms with Crippen LogP contribution < -0.4 is 0 Å². The minimum absolute atomic E-state index is 0.134. The maximum Gasteiger partial charge on any atom is 0.185 e. The largest absolute Gasteiger partial charge is 0.292 e. The highest BCUT2D eigenvalue weighted by atomic mass is 79.9. The topological polar surface area (TPSA) is 40.9 Å². The number of hydrogen-bond donors (Lipinski definition) is 0. The zero-order chi connectivity index (χ0) is 13.1. The Morgan fingerprint density at radius 2 is 2.22 bits per heavy atom. The van der Waals surface area contributed by atoms with Gasteiger partial charge < -0.3 is 0 Å². The molecule has 0 saturated heterocycles. The van der Waals surface area contributed by atoms with Crippen LogP contribution in [0.4, 0.5) is 0 Å². The molecule has 1 atom stereocenters. The van der Waals surface area contributed by atoms with Crippen molar-refractivity contribution in [3.8, 4) is 6.07 Å². The molecule has 0 spiro atoms. The van der Waals surface area contributed by atoms with Crippen molar-refractivity contribution in [2.24, 2.45) is 0 Å². The number of carbonyl (C=O) groups is 1. The molecule has 1 unspecified atom stereocenters. The Balaban J connectivity index is 2.39. The van der Waals surface area contributed by atoms with Crippen LogP contribution >= 0.6 is 27.3 Å². The maximum atomic E-state index is 12.4. The molecule has 0 bridgehead atoms. The third kappa shape index (κ3) is 2.53. The van der Waals surface area contributed by atoms with Gasteiger partial charge in [0, 0.05) is 14.9 Å². The summed E-state index contributed by atoms with van der Waals surface area (Å²) in [7, 11) is 0. The zero-order valence-electron chi connectivity index (χ0n) is 9.68. The van der Waals surface area contributed by atoms with Gasteiger partial charge in [-0.3, -0.25) is 4.79 Å². The van der Waals surface area contributed by atoms with Crippen molar-refractivity contribution in [1.82, 2.24) is 0 Å². The van der Waals surface area contributed by atoms with Crippen molar-refractivity contribution in [2.45, 2.75) is 12.8 Å². The Hall–Kier alpha value is -1.44. The molecule has 1 aromatic heterocycles. The van der Waals surface area contributed by atoms with Crippen molar-refractivity contribution >= 4 is 33.0 Å². The number of ketones is 1. The summed E-state index contributed by atoms with van der Waals surface area (Å²) in [6.07, 6.45) is 0. The molecule has 2 aromatic rings. The van der Waals surface area contributed by atoms with E-state index in [1.165, 1.54) is 11.3 Å². The fourth-order valence-corrected chi connectivity index (χ4v) is 3.01. The second-order valence-electron chi connectivity index (χ2n) is 3.90. The number of benzene rings is 1. The molecular weight excluding hydrogens is 310 g/mol. The smallest absolute Gasteiger partial charge is 0.185 e. The highest BCUT2D eigenvalue weighted by molar-refractivity contribution is 9.10. The summed E-state index contributed by atoms with van der Waals surface area (Å²) in [6.45, 7) is 1.88. The predicted octanol–water partition coefficient (Wildman–Crippen LogP) is 4.31. The predicted molar refractivity (Wildman–Crippen MR) is 75.9 cm³/mol. The molecule has 0 radical (unpaired) electrons. The maximum absolute atomic E-state index is 12.4. The highest BCUT2D eigenvalue weighted by Crippen LogP contribution is 2.26. The highest BCUT2D eigenvalue weighted by Gasteiger charge is 2.23. The quantitative estimate of drug-likeness (QED) is 0.791. The molecule has 1 aromatic carbocycles. The first kappa shape index (κ1) is 13.0. The molecule has 0 saturated carbocycles. The molecule has 0 aliphatic rings. The molecule has 0 aliphatic heterocycles. The van der Waals surface area contributed by atoms with E-state index in [0.29, 0.717) is 5.56 Å². The molecule has 0 N–H and O–H groups in total. The number of carbonyl (C=O) groups excluding carboxylic acids is 1. The lowest BCUT2D eigenvalue weighted by atomic mass is 9.94. The van der Waals surface area contributed by atoms with Gasteiger partial charge >= 0.3 is 0 Å². The monoisotopic (exact) mass is 319 g/mol. The van der Waals surface area contributed by atoms with Crippen LogP contribution in [0.3, 0.4) is 0 Å². The second kappa shape index (κ2) is 5.47. The number of Topliss-reactive ketones (excluding diaryl/α,β-unsaturated/α-hetero) is 1. The van der Waals surface area contributed by atoms with Gasteiger partial charge in [-0.1, -0.05) is 22.0 Å². The van der Waals surface area contributed by atoms with Crippen LogP contribution in [0.2, 0.25) is 0 Å². The van der Waals surface area contributed by atoms with Gasteiger partial charge in [-0.15, -0.1) is 11.3 Å². The van der Waals surface area contributed by atoms with Crippen molar-refractivity contribution in [2.75, 3.05) is 0 Å². The molecule has 0 fully saturated rings. The number of hydrogen-bond acceptors (Lipinski definition) is 3. The van der Waals surface area contributed by atoms with E-state index in [4.69, 9.17) is 0 Å². The van der Waals surface area contributed by atoms with Crippen molar-refractivity contribution in [1.29, 1.82) is 5.26 Å². The minimum atomic E-state index is -0.704. The molecule has 18 heavy (non-hydrogen) atoms. The summed E-state index contributed by atoms with van der Waals surface area (Å²) in [6, 6.07) is 11.2. The number of nitriles is 1. The summed E-state index contributed by atoms with van der Waals surface area (Å²) in [5.74, 6) is -0.838. The summed E-state index contributed by atoms with van der Waals surface area (Å²) < 4.78 is 0.932. The van der Waals surface area contributed by atoms with Crippen molar-refractivity contribution < 1.29 is 4.79 Å². The van der Waals surface area contributed by atoms with E-state index >= 15 is 0 Å². The standard InChI is InChI=1S/C14H10BrNOS/c1-9-7-10(15)4-5-11(9)14(17)12(8-16)13-3-2-6-18-13/h2-7,12H,1H3. The Bertz CT molecular complexity index is 613. The minimum Gasteiger partial charge on any atom is -0.292 e. The van der Waals surface area contributed by atoms with Crippen LogP contribution in [0.25, 0.3) is 0 Å². The van der Waals surface area contributed by atoms with Gasteiger partial charge in [0.25, 0.3) is 0 Å². The molecule has 4 heteroatoms. The van der Waals surface area contributed by atoms with Gasteiger partial charge in [-0.05, 0) is 42.1 Å². The average Bonchev–Trinajstić information content (AvgIpc) is 2.83. The van der Waals surface area contributed by atoms with Gasteiger partial charge in [-0.25, -0.2) is 0 Å². The number of aryl methyl sites for hydroxylation is 1. The van der Waals surface area contributed by atoms with Gasteiger partial charge in [0.1, 0.15) is 5.92 Å². The van der Waals surface area contributed by atoms with E-state index in [2.05, 4.69) is 22.0 Å². The third-order valence-electron chi connectivity index (χ3n) is 2.67. The Labute approximate surface area is 118 Å². The van der Waals surface area contributed by atoms with E-state index in [9.17, 15) is 10.1 Å². The first-order valence-corrected chi connectivity index (χ1v) is 7.04. The first-order chi connectivity index (χ1) is 8.63. The molecule has 0 amide bonds. The lowest BCUT2D eigenvalue weighted by Crippen LogP contribution is -2.11. The number of nitrogens with zero attached hydrogens (tertiary/aromatic N) is 1. The lowest BCUT2D eigenvalue weighted by Gasteiger charge is -2.09. The second-order valence-corrected chi connectivity index (χ2v) is 5.80. The molecule has 2 rings (SSSR count). The summed E-state index contributed by atoms with van der Waals surface area (Å²) >= 11 is 4.80. The molecule has 90 valence electrons. The number of thiophene rings is 1. The molecular formula is C14H10BrNOS. The Morgan fingerprint density at radius 3 is 2.78 bits per heavy atom. The van der Waals surface area contributed by atoms with E-state index in [1.807, 2.05) is 36.6 Å². The van der Waals surface area contributed by atoms with Crippen LogP contribution in [-0.4, -0.2) is 5.78 Å². The fraction of sp³-hybridized carbons (Fsp3) is 0.143. The SMILES string of the molecule is Cc1cc(Br)ccc1C(=O)C(C#N)c1cccs1. The van der Waals surface area contributed by atoms with Crippen LogP contribution in [-0.2, 0) is 0 Å². The van der Waals surface area contributed by atoms with Gasteiger partial charge in [0.15, 0.2) is 5.78 Å². The van der Waals surface area contributed by atoms with E-state index in [-0.39, 0.29) is 5.78 Å². The van der Waals surface area contributed by atoms with Gasteiger partial charge in [-0.2, -0.15) is 5.26 Å². The molecule has 1 heterocycles. The molecule has 0 aliphatic carbocycles. The first-order valence-electron chi connectivity index (χ1n) is 5.37. The van der Waals surface area contributed by atoms with Gasteiger partial charge in [0.2, 0.25) is 0 Å². The van der Waals surface area contributed by atoms with E-state index in [0.717, 1.165) is 14.9 Å². The lowest BCUT2D eigenvalue weighted by molar-refractivity contribution is 0.0979. The van der Waals surface area contributed by atoms with Crippen molar-refractivity contribution in [3.63, 3.8) is 0 Å². The van der Waals surface area contributed by atoms with E-state index < -0.39 is 5.92 Å². The summed E-state index contributed by atoms with van der Waals surface area (Å²) in [5.41, 5.74) is 1.49. The Morgan fingerprint density at radius 1 is 1.44 bits per heavy atom. The van der Waals surface area contributed by atoms with Crippen molar-refractivity contribution in [3.05, 3.63) is 56.2 Å². The third-order valence-corrected chi connectivity index (χ3v) is 4.10. The van der Waals surface area contributed by atoms with E-state index in [1.54, 1.807) is 6.07 Å². The van der Waals surface area contributed by atoms with Gasteiger partial charge in [0.05, 0.1) is 6.07 Å². The fourth-order valence-electron chi connectivity index (χ4n) is 1.77. The Kier molecular flexibility index (Phi) is 3.95. The van der Waals surface area contributed by atoms with Crippen LogP contribution in [0, 0.1) is 18.3 Å². The summed E-state index contributed by atoms with van der Waals surface area (Å²) in [4.78, 5) is 13.2. The van der Waals surface area contributed by atoms with Crippen LogP contribution in [0.1, 0.15) is 26.7 Å². The normalized spacial score (nSPS) is 11.8. The number of halogens is 1. The molecule has 2 nitrogen and oxygen atoms in total. The van der Waals surface area contributed by atoms with Crippen LogP contribution in [0.5, 0.6) is 0 Å². The average molecular weight is 320 g/mol. The zero-order valence-corrected chi connectivity index (χ0v) is 12.1. The number of rotatable bonds is 3. The van der Waals surface area contributed by atoms with Crippen LogP contribution in [0.15, 0.2) is 40.2 Å². The summed E-state index contributed by atoms with van der Waals surface area (Å²) in [5, 5.41) is 11.1.